The zero-order valence-corrected chi connectivity index (χ0v) is 12.2. The molecule has 1 aromatic rings. The summed E-state index contributed by atoms with van der Waals surface area (Å²) in [5, 5.41) is 19.0. The van der Waals surface area contributed by atoms with Gasteiger partial charge >= 0.3 is 5.97 Å². The Morgan fingerprint density at radius 1 is 1.19 bits per heavy atom. The number of hydrogen-bond acceptors (Lipinski definition) is 4. The molecule has 7 heteroatoms. The molecule has 6 nitrogen and oxygen atoms in total. The molecule has 2 rings (SSSR count). The van der Waals surface area contributed by atoms with E-state index in [1.165, 1.54) is 18.2 Å². The number of aromatic hydroxyl groups is 1. The summed E-state index contributed by atoms with van der Waals surface area (Å²) in [6, 6.07) is 4.36. The molecule has 21 heavy (non-hydrogen) atoms. The number of aliphatic carboxylic acids is 1. The lowest BCUT2D eigenvalue weighted by atomic mass is 10.1. The number of halogens is 1. The maximum Gasteiger partial charge on any atom is 0.317 e. The van der Waals surface area contributed by atoms with Crippen LogP contribution in [0.2, 0.25) is 5.02 Å². The highest BCUT2D eigenvalue weighted by molar-refractivity contribution is 6.31. The fourth-order valence-corrected chi connectivity index (χ4v) is 2.55. The number of phenols is 1. The van der Waals surface area contributed by atoms with Gasteiger partial charge in [-0.05, 0) is 24.6 Å². The van der Waals surface area contributed by atoms with Crippen LogP contribution in [-0.4, -0.2) is 64.6 Å². The normalized spacial score (nSPS) is 16.5. The first kappa shape index (κ1) is 15.6. The monoisotopic (exact) mass is 312 g/mol. The number of nitrogens with zero attached hydrogens (tertiary/aromatic N) is 2. The lowest BCUT2D eigenvalue weighted by Crippen LogP contribution is -2.36. The molecule has 1 aliphatic heterocycles. The van der Waals surface area contributed by atoms with Gasteiger partial charge in [-0.2, -0.15) is 0 Å². The van der Waals surface area contributed by atoms with Crippen LogP contribution >= 0.6 is 11.6 Å². The van der Waals surface area contributed by atoms with Crippen molar-refractivity contribution in [2.45, 2.75) is 6.42 Å². The van der Waals surface area contributed by atoms with E-state index < -0.39 is 5.97 Å². The van der Waals surface area contributed by atoms with Gasteiger partial charge in [0.05, 0.1) is 12.1 Å². The average Bonchev–Trinajstić information content (AvgIpc) is 2.66. The van der Waals surface area contributed by atoms with Crippen LogP contribution in [0.15, 0.2) is 18.2 Å². The predicted molar refractivity (Wildman–Crippen MR) is 77.7 cm³/mol. The van der Waals surface area contributed by atoms with E-state index in [0.29, 0.717) is 37.6 Å². The summed E-state index contributed by atoms with van der Waals surface area (Å²) in [7, 11) is 0. The molecule has 1 aliphatic rings. The third-order valence-electron chi connectivity index (χ3n) is 3.42. The van der Waals surface area contributed by atoms with E-state index in [0.717, 1.165) is 0 Å². The summed E-state index contributed by atoms with van der Waals surface area (Å²) < 4.78 is 0. The van der Waals surface area contributed by atoms with Crippen LogP contribution in [-0.2, 0) is 4.79 Å². The Hall–Kier alpha value is -1.79. The van der Waals surface area contributed by atoms with Crippen molar-refractivity contribution in [3.63, 3.8) is 0 Å². The van der Waals surface area contributed by atoms with Crippen molar-refractivity contribution in [3.8, 4) is 5.75 Å². The van der Waals surface area contributed by atoms with Gasteiger partial charge in [0.2, 0.25) is 0 Å². The molecule has 0 aliphatic carbocycles. The molecular formula is C14H17ClN2O4. The first-order valence-corrected chi connectivity index (χ1v) is 7.07. The summed E-state index contributed by atoms with van der Waals surface area (Å²) in [5.74, 6) is -1.26. The molecule has 114 valence electrons. The van der Waals surface area contributed by atoms with Crippen LogP contribution in [0.3, 0.4) is 0 Å². The minimum absolute atomic E-state index is 0.0234. The molecule has 0 unspecified atom stereocenters. The molecule has 0 bridgehead atoms. The molecule has 1 aromatic carbocycles. The Kier molecular flexibility index (Phi) is 5.03. The van der Waals surface area contributed by atoms with Gasteiger partial charge in [-0.15, -0.1) is 0 Å². The van der Waals surface area contributed by atoms with Crippen LogP contribution in [0.1, 0.15) is 16.8 Å². The molecule has 1 fully saturated rings. The summed E-state index contributed by atoms with van der Waals surface area (Å²) in [5.41, 5.74) is 0.175. The van der Waals surface area contributed by atoms with Gasteiger partial charge in [-0.3, -0.25) is 14.5 Å². The van der Waals surface area contributed by atoms with Gasteiger partial charge in [0.25, 0.3) is 5.91 Å². The Morgan fingerprint density at radius 3 is 2.67 bits per heavy atom. The summed E-state index contributed by atoms with van der Waals surface area (Å²) in [6.07, 6.45) is 0.695. The van der Waals surface area contributed by atoms with E-state index >= 15 is 0 Å². The second-order valence-corrected chi connectivity index (χ2v) is 5.41. The SMILES string of the molecule is O=C(O)CN1CCCN(C(=O)c2cc(Cl)ccc2O)CC1. The number of carbonyl (C=O) groups excluding carboxylic acids is 1. The minimum Gasteiger partial charge on any atom is -0.507 e. The van der Waals surface area contributed by atoms with Crippen molar-refractivity contribution >= 4 is 23.5 Å². The number of carboxylic acid groups (broad SMARTS) is 1. The number of rotatable bonds is 3. The van der Waals surface area contributed by atoms with Gasteiger partial charge in [0, 0.05) is 31.2 Å². The standard InChI is InChI=1S/C14H17ClN2O4/c15-10-2-3-12(18)11(8-10)14(21)17-5-1-4-16(6-7-17)9-13(19)20/h2-3,8,18H,1,4-7,9H2,(H,19,20). The Balaban J connectivity index is 2.06. The summed E-state index contributed by atoms with van der Waals surface area (Å²) in [4.78, 5) is 26.6. The molecule has 0 atom stereocenters. The van der Waals surface area contributed by atoms with Crippen molar-refractivity contribution in [2.24, 2.45) is 0 Å². The Bertz CT molecular complexity index is 550. The predicted octanol–water partition coefficient (Wildman–Crippen LogP) is 1.28. The highest BCUT2D eigenvalue weighted by atomic mass is 35.5. The molecule has 1 amide bonds. The number of hydrogen-bond donors (Lipinski definition) is 2. The second kappa shape index (κ2) is 6.78. The summed E-state index contributed by atoms with van der Waals surface area (Å²) >= 11 is 5.86. The Labute approximate surface area is 127 Å². The van der Waals surface area contributed by atoms with Crippen LogP contribution in [0.5, 0.6) is 5.75 Å². The molecule has 1 heterocycles. The van der Waals surface area contributed by atoms with Crippen molar-refractivity contribution in [3.05, 3.63) is 28.8 Å². The van der Waals surface area contributed by atoms with E-state index in [1.807, 2.05) is 0 Å². The van der Waals surface area contributed by atoms with Crippen LogP contribution in [0, 0.1) is 0 Å². The fraction of sp³-hybridized carbons (Fsp3) is 0.429. The van der Waals surface area contributed by atoms with Crippen molar-refractivity contribution in [1.29, 1.82) is 0 Å². The van der Waals surface area contributed by atoms with Gasteiger partial charge in [0.1, 0.15) is 5.75 Å². The maximum absolute atomic E-state index is 12.4. The smallest absolute Gasteiger partial charge is 0.317 e. The van der Waals surface area contributed by atoms with Gasteiger partial charge in [0.15, 0.2) is 0 Å². The number of phenolic OH excluding ortho intramolecular Hbond substituents is 1. The Morgan fingerprint density at radius 2 is 1.95 bits per heavy atom. The largest absolute Gasteiger partial charge is 0.507 e. The summed E-state index contributed by atoms with van der Waals surface area (Å²) in [6.45, 7) is 2.07. The highest BCUT2D eigenvalue weighted by Gasteiger charge is 2.23. The van der Waals surface area contributed by atoms with E-state index in [4.69, 9.17) is 16.7 Å². The molecule has 1 saturated heterocycles. The van der Waals surface area contributed by atoms with Crippen molar-refractivity contribution in [1.82, 2.24) is 9.80 Å². The molecule has 0 radical (unpaired) electrons. The van der Waals surface area contributed by atoms with Crippen LogP contribution in [0.4, 0.5) is 0 Å². The van der Waals surface area contributed by atoms with Crippen molar-refractivity contribution in [2.75, 3.05) is 32.7 Å². The lowest BCUT2D eigenvalue weighted by molar-refractivity contribution is -0.138. The van der Waals surface area contributed by atoms with Crippen LogP contribution < -0.4 is 0 Å². The molecule has 0 aromatic heterocycles. The zero-order valence-electron chi connectivity index (χ0n) is 11.5. The van der Waals surface area contributed by atoms with E-state index in [1.54, 1.807) is 9.80 Å². The third-order valence-corrected chi connectivity index (χ3v) is 3.66. The first-order valence-electron chi connectivity index (χ1n) is 6.69. The average molecular weight is 313 g/mol. The zero-order chi connectivity index (χ0) is 15.4. The number of carboxylic acids is 1. The van der Waals surface area contributed by atoms with Gasteiger partial charge in [-0.25, -0.2) is 0 Å². The fourth-order valence-electron chi connectivity index (χ4n) is 2.37. The minimum atomic E-state index is -0.873. The number of carbonyl (C=O) groups is 2. The number of benzene rings is 1. The van der Waals surface area contributed by atoms with Gasteiger partial charge < -0.3 is 15.1 Å². The van der Waals surface area contributed by atoms with E-state index in [9.17, 15) is 14.7 Å². The number of amides is 1. The van der Waals surface area contributed by atoms with E-state index in [2.05, 4.69) is 0 Å². The topological polar surface area (TPSA) is 81.1 Å². The molecule has 2 N–H and O–H groups in total. The third kappa shape index (κ3) is 4.09. The lowest BCUT2D eigenvalue weighted by Gasteiger charge is -2.21. The first-order chi connectivity index (χ1) is 9.97. The second-order valence-electron chi connectivity index (χ2n) is 4.98. The molecule has 0 spiro atoms. The van der Waals surface area contributed by atoms with E-state index in [-0.39, 0.29) is 23.8 Å². The maximum atomic E-state index is 12.4. The highest BCUT2D eigenvalue weighted by Crippen LogP contribution is 2.23. The van der Waals surface area contributed by atoms with Gasteiger partial charge in [-0.1, -0.05) is 11.6 Å². The molecular weight excluding hydrogens is 296 g/mol. The van der Waals surface area contributed by atoms with Crippen LogP contribution in [0.25, 0.3) is 0 Å². The van der Waals surface area contributed by atoms with Crippen molar-refractivity contribution < 1.29 is 19.8 Å². The molecule has 0 saturated carbocycles. The quantitative estimate of drug-likeness (QED) is 0.878.